The SMILES string of the molecule is CN(C)CCNC(=O)CN(Cc1cccnc1)S(C)(=O)=O. The number of rotatable bonds is 8. The molecule has 1 amide bonds. The molecular formula is C13H22N4O3S. The van der Waals surface area contributed by atoms with Crippen LogP contribution >= 0.6 is 0 Å². The van der Waals surface area contributed by atoms with E-state index < -0.39 is 10.0 Å². The number of sulfonamides is 1. The van der Waals surface area contributed by atoms with Gasteiger partial charge in [-0.1, -0.05) is 6.07 Å². The second-order valence-electron chi connectivity index (χ2n) is 5.05. The first-order chi connectivity index (χ1) is 9.79. The molecule has 1 N–H and O–H groups in total. The zero-order valence-electron chi connectivity index (χ0n) is 12.6. The lowest BCUT2D eigenvalue weighted by molar-refractivity contribution is -0.121. The molecule has 1 rings (SSSR count). The summed E-state index contributed by atoms with van der Waals surface area (Å²) in [7, 11) is 0.335. The number of likely N-dealkylation sites (N-methyl/N-ethyl adjacent to an activating group) is 1. The van der Waals surface area contributed by atoms with Gasteiger partial charge < -0.3 is 10.2 Å². The molecule has 1 heterocycles. The third-order valence-electron chi connectivity index (χ3n) is 2.75. The molecule has 0 bridgehead atoms. The molecule has 0 fully saturated rings. The smallest absolute Gasteiger partial charge is 0.235 e. The van der Waals surface area contributed by atoms with E-state index in [0.717, 1.165) is 16.1 Å². The summed E-state index contributed by atoms with van der Waals surface area (Å²) < 4.78 is 24.7. The third kappa shape index (κ3) is 7.16. The Bertz CT molecular complexity index is 546. The van der Waals surface area contributed by atoms with E-state index in [1.54, 1.807) is 24.5 Å². The molecule has 0 aliphatic heterocycles. The Morgan fingerprint density at radius 3 is 2.62 bits per heavy atom. The summed E-state index contributed by atoms with van der Waals surface area (Å²) in [5, 5.41) is 2.70. The molecule has 1 aromatic heterocycles. The van der Waals surface area contributed by atoms with E-state index in [1.165, 1.54) is 0 Å². The van der Waals surface area contributed by atoms with Crippen LogP contribution in [0.25, 0.3) is 0 Å². The maximum Gasteiger partial charge on any atom is 0.235 e. The van der Waals surface area contributed by atoms with Crippen molar-refractivity contribution >= 4 is 15.9 Å². The number of pyridine rings is 1. The van der Waals surface area contributed by atoms with Crippen molar-refractivity contribution in [3.05, 3.63) is 30.1 Å². The Morgan fingerprint density at radius 2 is 2.10 bits per heavy atom. The number of aromatic nitrogens is 1. The number of carbonyl (C=O) groups is 1. The summed E-state index contributed by atoms with van der Waals surface area (Å²) in [6.07, 6.45) is 4.29. The van der Waals surface area contributed by atoms with Crippen LogP contribution in [0.15, 0.2) is 24.5 Å². The minimum atomic E-state index is -3.47. The summed E-state index contributed by atoms with van der Waals surface area (Å²) in [5.74, 6) is -0.314. The molecule has 8 heteroatoms. The summed E-state index contributed by atoms with van der Waals surface area (Å²) in [4.78, 5) is 17.7. The fraction of sp³-hybridized carbons (Fsp3) is 0.538. The van der Waals surface area contributed by atoms with Crippen LogP contribution in [0, 0.1) is 0 Å². The molecule has 0 spiro atoms. The van der Waals surface area contributed by atoms with Gasteiger partial charge in [0.05, 0.1) is 12.8 Å². The number of amides is 1. The largest absolute Gasteiger partial charge is 0.354 e. The lowest BCUT2D eigenvalue weighted by atomic mass is 10.3. The monoisotopic (exact) mass is 314 g/mol. The number of nitrogens with one attached hydrogen (secondary N) is 1. The van der Waals surface area contributed by atoms with Gasteiger partial charge in [0.1, 0.15) is 0 Å². The molecule has 0 radical (unpaired) electrons. The van der Waals surface area contributed by atoms with Gasteiger partial charge in [-0.2, -0.15) is 4.31 Å². The zero-order chi connectivity index (χ0) is 15.9. The fourth-order valence-corrected chi connectivity index (χ4v) is 2.36. The van der Waals surface area contributed by atoms with E-state index >= 15 is 0 Å². The van der Waals surface area contributed by atoms with Gasteiger partial charge >= 0.3 is 0 Å². The van der Waals surface area contributed by atoms with Crippen LogP contribution in [0.4, 0.5) is 0 Å². The highest BCUT2D eigenvalue weighted by Crippen LogP contribution is 2.06. The summed E-state index contributed by atoms with van der Waals surface area (Å²) in [6, 6.07) is 3.50. The molecular weight excluding hydrogens is 292 g/mol. The van der Waals surface area contributed by atoms with Crippen LogP contribution in [0.1, 0.15) is 5.56 Å². The van der Waals surface area contributed by atoms with Crippen LogP contribution in [0.2, 0.25) is 0 Å². The van der Waals surface area contributed by atoms with E-state index in [0.29, 0.717) is 13.1 Å². The van der Waals surface area contributed by atoms with Gasteiger partial charge in [-0.05, 0) is 25.7 Å². The minimum absolute atomic E-state index is 0.133. The van der Waals surface area contributed by atoms with Gasteiger partial charge in [0, 0.05) is 32.0 Å². The number of hydrogen-bond donors (Lipinski definition) is 1. The van der Waals surface area contributed by atoms with Gasteiger partial charge in [-0.3, -0.25) is 9.78 Å². The molecule has 0 saturated heterocycles. The maximum absolute atomic E-state index is 11.8. The first-order valence-corrected chi connectivity index (χ1v) is 8.39. The third-order valence-corrected chi connectivity index (χ3v) is 3.95. The second-order valence-corrected chi connectivity index (χ2v) is 7.03. The second kappa shape index (κ2) is 8.06. The first-order valence-electron chi connectivity index (χ1n) is 6.54. The van der Waals surface area contributed by atoms with Crippen molar-refractivity contribution in [3.8, 4) is 0 Å². The Labute approximate surface area is 126 Å². The van der Waals surface area contributed by atoms with Crippen LogP contribution < -0.4 is 5.32 Å². The molecule has 118 valence electrons. The molecule has 7 nitrogen and oxygen atoms in total. The number of nitrogens with zero attached hydrogens (tertiary/aromatic N) is 3. The number of carbonyl (C=O) groups excluding carboxylic acids is 1. The Morgan fingerprint density at radius 1 is 1.38 bits per heavy atom. The van der Waals surface area contributed by atoms with Gasteiger partial charge in [0.2, 0.25) is 15.9 Å². The molecule has 1 aromatic rings. The van der Waals surface area contributed by atoms with Crippen molar-refractivity contribution in [1.29, 1.82) is 0 Å². The van der Waals surface area contributed by atoms with Crippen molar-refractivity contribution < 1.29 is 13.2 Å². The van der Waals surface area contributed by atoms with Crippen molar-refractivity contribution in [2.45, 2.75) is 6.54 Å². The molecule has 0 aliphatic carbocycles. The molecule has 0 aromatic carbocycles. The Hall–Kier alpha value is -1.51. The van der Waals surface area contributed by atoms with Crippen molar-refractivity contribution in [1.82, 2.24) is 19.5 Å². The summed E-state index contributed by atoms with van der Waals surface area (Å²) in [5.41, 5.74) is 0.740. The molecule has 0 atom stereocenters. The lowest BCUT2D eigenvalue weighted by Crippen LogP contribution is -2.41. The first kappa shape index (κ1) is 17.5. The van der Waals surface area contributed by atoms with Crippen LogP contribution in [-0.4, -0.2) is 68.5 Å². The van der Waals surface area contributed by atoms with E-state index in [9.17, 15) is 13.2 Å². The minimum Gasteiger partial charge on any atom is -0.354 e. The molecule has 0 saturated carbocycles. The highest BCUT2D eigenvalue weighted by atomic mass is 32.2. The van der Waals surface area contributed by atoms with Gasteiger partial charge in [0.15, 0.2) is 0 Å². The standard InChI is InChI=1S/C13H22N4O3S/c1-16(2)8-7-15-13(18)11-17(21(3,19)20)10-12-5-4-6-14-9-12/h4-6,9H,7-8,10-11H2,1-3H3,(H,15,18). The van der Waals surface area contributed by atoms with Crippen molar-refractivity contribution in [2.75, 3.05) is 40.0 Å². The van der Waals surface area contributed by atoms with Crippen LogP contribution in [-0.2, 0) is 21.4 Å². The molecule has 0 aliphatic rings. The van der Waals surface area contributed by atoms with Crippen LogP contribution in [0.5, 0.6) is 0 Å². The predicted octanol–water partition coefficient (Wildman–Crippen LogP) is -0.479. The molecule has 21 heavy (non-hydrogen) atoms. The Kier molecular flexibility index (Phi) is 6.73. The summed E-state index contributed by atoms with van der Waals surface area (Å²) in [6.45, 7) is 1.12. The predicted molar refractivity (Wildman–Crippen MR) is 81.1 cm³/mol. The van der Waals surface area contributed by atoms with Crippen LogP contribution in [0.3, 0.4) is 0 Å². The average Bonchev–Trinajstić information content (AvgIpc) is 2.37. The van der Waals surface area contributed by atoms with Crippen molar-refractivity contribution in [3.63, 3.8) is 0 Å². The lowest BCUT2D eigenvalue weighted by Gasteiger charge is -2.19. The van der Waals surface area contributed by atoms with E-state index in [4.69, 9.17) is 0 Å². The van der Waals surface area contributed by atoms with E-state index in [-0.39, 0.29) is 19.0 Å². The van der Waals surface area contributed by atoms with Gasteiger partial charge in [-0.15, -0.1) is 0 Å². The van der Waals surface area contributed by atoms with Crippen molar-refractivity contribution in [2.24, 2.45) is 0 Å². The topological polar surface area (TPSA) is 82.6 Å². The normalized spacial score (nSPS) is 11.9. The highest BCUT2D eigenvalue weighted by Gasteiger charge is 2.20. The van der Waals surface area contributed by atoms with E-state index in [2.05, 4.69) is 10.3 Å². The number of hydrogen-bond acceptors (Lipinski definition) is 5. The maximum atomic E-state index is 11.8. The Balaban J connectivity index is 2.61. The van der Waals surface area contributed by atoms with E-state index in [1.807, 2.05) is 19.0 Å². The zero-order valence-corrected chi connectivity index (χ0v) is 13.4. The molecule has 0 unspecified atom stereocenters. The summed E-state index contributed by atoms with van der Waals surface area (Å²) >= 11 is 0. The van der Waals surface area contributed by atoms with Gasteiger partial charge in [0.25, 0.3) is 0 Å². The average molecular weight is 314 g/mol. The quantitative estimate of drug-likeness (QED) is 0.701. The fourth-order valence-electron chi connectivity index (χ4n) is 1.62. The van der Waals surface area contributed by atoms with Gasteiger partial charge in [-0.25, -0.2) is 8.42 Å². The highest BCUT2D eigenvalue weighted by molar-refractivity contribution is 7.88.